The molecule has 0 aromatic carbocycles. The van der Waals surface area contributed by atoms with Crippen LogP contribution in [0.2, 0.25) is 0 Å². The Morgan fingerprint density at radius 2 is 0.444 bits per heavy atom. The zero-order valence-electron chi connectivity index (χ0n) is 8.20. The normalized spacial score (nSPS) is 3.28. The molecule has 0 atom stereocenters. The van der Waals surface area contributed by atoms with Gasteiger partial charge in [0, 0.05) is 0 Å². The summed E-state index contributed by atoms with van der Waals surface area (Å²) in [5, 5.41) is 0. The van der Waals surface area contributed by atoms with Gasteiger partial charge in [-0.1, -0.05) is 0 Å². The number of phosphoric acid groups is 1. The van der Waals surface area contributed by atoms with Crippen LogP contribution in [0.4, 0.5) is 0 Å². The standard InChI is InChI=1S/Li.H3O4P.12H2O.H/c;1-5(2,3)4;;;;;;;;;;;;;/h;(H3,1,2,3,4);12*1H2;. The summed E-state index contributed by atoms with van der Waals surface area (Å²) >= 11 is 0. The SMILES string of the molecule is O.O.O.O.O.O.O.O.O.O.O.O.O=P(O)(O)O.[LiH]. The minimum absolute atomic E-state index is 0. The first-order valence-electron chi connectivity index (χ1n) is 0.783. The van der Waals surface area contributed by atoms with Gasteiger partial charge in [0.05, 0.1) is 0 Å². The number of hydrogen-bond acceptors (Lipinski definition) is 1. The van der Waals surface area contributed by atoms with Crippen LogP contribution in [0.3, 0.4) is 0 Å². The molecule has 0 rings (SSSR count). The van der Waals surface area contributed by atoms with Crippen LogP contribution >= 0.6 is 7.82 Å². The van der Waals surface area contributed by atoms with Crippen molar-refractivity contribution in [2.75, 3.05) is 0 Å². The Hall–Kier alpha value is 0.227. The van der Waals surface area contributed by atoms with E-state index in [9.17, 15) is 0 Å². The quantitative estimate of drug-likeness (QED) is 0.288. The summed E-state index contributed by atoms with van der Waals surface area (Å²) in [5.74, 6) is 0. The van der Waals surface area contributed by atoms with Gasteiger partial charge < -0.3 is 80.4 Å². The Bertz CT molecular complexity index is 57.2. The van der Waals surface area contributed by atoms with Crippen molar-refractivity contribution in [1.29, 1.82) is 0 Å². The summed E-state index contributed by atoms with van der Waals surface area (Å²) in [6, 6.07) is 0. The van der Waals surface area contributed by atoms with Crippen molar-refractivity contribution in [1.82, 2.24) is 0 Å². The predicted molar refractivity (Wildman–Crippen MR) is 64.8 cm³/mol. The molecule has 0 aromatic heterocycles. The molecule has 16 nitrogen and oxygen atoms in total. The Balaban J connectivity index is -0.00000000103. The van der Waals surface area contributed by atoms with Gasteiger partial charge >= 0.3 is 26.7 Å². The van der Waals surface area contributed by atoms with Crippen LogP contribution in [-0.4, -0.2) is 99.3 Å². The third kappa shape index (κ3) is 72800. The molecule has 0 saturated carbocycles. The van der Waals surface area contributed by atoms with Gasteiger partial charge in [-0.25, -0.2) is 4.57 Å². The maximum atomic E-state index is 8.88. The van der Waals surface area contributed by atoms with E-state index in [2.05, 4.69) is 0 Å². The Labute approximate surface area is 112 Å². The van der Waals surface area contributed by atoms with Crippen molar-refractivity contribution in [3.63, 3.8) is 0 Å². The van der Waals surface area contributed by atoms with Crippen LogP contribution < -0.4 is 0 Å². The summed E-state index contributed by atoms with van der Waals surface area (Å²) in [5.41, 5.74) is 0. The summed E-state index contributed by atoms with van der Waals surface area (Å²) in [6.45, 7) is 0. The number of rotatable bonds is 0. The minimum atomic E-state index is -4.64. The number of hydrogen-bond donors (Lipinski definition) is 3. The van der Waals surface area contributed by atoms with Crippen molar-refractivity contribution in [3.05, 3.63) is 0 Å². The molecule has 18 heavy (non-hydrogen) atoms. The molecule has 0 amide bonds. The molecule has 0 heterocycles. The molecular weight excluding hydrogens is 294 g/mol. The molecule has 0 aliphatic rings. The Morgan fingerprint density at radius 3 is 0.444 bits per heavy atom. The van der Waals surface area contributed by atoms with E-state index in [1.165, 1.54) is 0 Å². The van der Waals surface area contributed by atoms with Gasteiger partial charge in [0.2, 0.25) is 0 Å². The van der Waals surface area contributed by atoms with Crippen molar-refractivity contribution < 1.29 is 85.0 Å². The van der Waals surface area contributed by atoms with E-state index in [1.807, 2.05) is 0 Å². The molecular formula is H28LiO16P. The van der Waals surface area contributed by atoms with Gasteiger partial charge in [-0.05, 0) is 0 Å². The van der Waals surface area contributed by atoms with E-state index in [-0.39, 0.29) is 84.6 Å². The molecule has 0 spiro atoms. The maximum absolute atomic E-state index is 8.88. The molecule has 0 radical (unpaired) electrons. The van der Waals surface area contributed by atoms with Gasteiger partial charge in [-0.2, -0.15) is 0 Å². The van der Waals surface area contributed by atoms with E-state index >= 15 is 0 Å². The first kappa shape index (κ1) is 303. The van der Waals surface area contributed by atoms with Crippen LogP contribution in [0.5, 0.6) is 0 Å². The Kier molecular flexibility index (Phi) is 1970. The zero-order chi connectivity index (χ0) is 4.50. The van der Waals surface area contributed by atoms with E-state index in [4.69, 9.17) is 19.2 Å². The van der Waals surface area contributed by atoms with Gasteiger partial charge in [0.15, 0.2) is 0 Å². The van der Waals surface area contributed by atoms with Gasteiger partial charge in [-0.3, -0.25) is 0 Å². The predicted octanol–water partition coefficient (Wildman–Crippen LogP) is -11.5. The van der Waals surface area contributed by atoms with Crippen molar-refractivity contribution in [3.8, 4) is 0 Å². The summed E-state index contributed by atoms with van der Waals surface area (Å²) in [7, 11) is -4.64. The van der Waals surface area contributed by atoms with Crippen LogP contribution in [0.1, 0.15) is 0 Å². The third-order valence-corrected chi connectivity index (χ3v) is 0. The second kappa shape index (κ2) is 117. The molecule has 0 aliphatic carbocycles. The molecule has 130 valence electrons. The first-order valence-corrected chi connectivity index (χ1v) is 2.35. The molecule has 27 N–H and O–H groups in total. The molecule has 0 aromatic rings. The molecule has 0 saturated heterocycles. The van der Waals surface area contributed by atoms with Crippen molar-refractivity contribution >= 4 is 26.7 Å². The van der Waals surface area contributed by atoms with E-state index in [0.29, 0.717) is 0 Å². The fraction of sp³-hybridized carbons (Fsp3) is 0. The van der Waals surface area contributed by atoms with Crippen molar-refractivity contribution in [2.45, 2.75) is 0 Å². The van der Waals surface area contributed by atoms with Gasteiger partial charge in [-0.15, -0.1) is 0 Å². The second-order valence-corrected chi connectivity index (χ2v) is 1.54. The van der Waals surface area contributed by atoms with Gasteiger partial charge in [0.25, 0.3) is 0 Å². The van der Waals surface area contributed by atoms with Crippen LogP contribution in [-0.2, 0) is 4.57 Å². The molecule has 0 fully saturated rings. The molecule has 0 bridgehead atoms. The van der Waals surface area contributed by atoms with Crippen LogP contribution in [0.15, 0.2) is 0 Å². The Morgan fingerprint density at radius 1 is 0.444 bits per heavy atom. The van der Waals surface area contributed by atoms with E-state index in [1.54, 1.807) is 0 Å². The van der Waals surface area contributed by atoms with Crippen molar-refractivity contribution in [2.24, 2.45) is 0 Å². The molecule has 18 heteroatoms. The van der Waals surface area contributed by atoms with Crippen LogP contribution in [0.25, 0.3) is 0 Å². The first-order chi connectivity index (χ1) is 2.00. The summed E-state index contributed by atoms with van der Waals surface area (Å²) in [4.78, 5) is 21.6. The zero-order valence-corrected chi connectivity index (χ0v) is 9.09. The molecule has 0 aliphatic heterocycles. The average molecular weight is 322 g/mol. The van der Waals surface area contributed by atoms with E-state index in [0.717, 1.165) is 0 Å². The van der Waals surface area contributed by atoms with Crippen LogP contribution in [0, 0.1) is 0 Å². The topological polar surface area (TPSA) is 456 Å². The van der Waals surface area contributed by atoms with E-state index < -0.39 is 7.82 Å². The third-order valence-electron chi connectivity index (χ3n) is 0. The summed E-state index contributed by atoms with van der Waals surface area (Å²) < 4.78 is 8.88. The summed E-state index contributed by atoms with van der Waals surface area (Å²) in [6.07, 6.45) is 0. The fourth-order valence-corrected chi connectivity index (χ4v) is 0. The van der Waals surface area contributed by atoms with Gasteiger partial charge in [0.1, 0.15) is 0 Å². The average Bonchev–Trinajstić information content (AvgIpc) is 0.722. The fourth-order valence-electron chi connectivity index (χ4n) is 0. The molecule has 0 unspecified atom stereocenters. The second-order valence-electron chi connectivity index (χ2n) is 0.513. The monoisotopic (exact) mass is 322 g/mol.